The molecule has 1 fully saturated rings. The van der Waals surface area contributed by atoms with Crippen molar-refractivity contribution in [2.75, 3.05) is 13.9 Å². The summed E-state index contributed by atoms with van der Waals surface area (Å²) in [6.07, 6.45) is 5.97. The van der Waals surface area contributed by atoms with E-state index in [0.29, 0.717) is 23.1 Å². The minimum Gasteiger partial charge on any atom is -0.493 e. The number of primary amides is 1. The lowest BCUT2D eigenvalue weighted by Crippen LogP contribution is -2.38. The number of nitrogens with two attached hydrogens (primary N) is 1. The molecule has 11 heteroatoms. The molecule has 3 rings (SSSR count). The van der Waals surface area contributed by atoms with E-state index in [1.165, 1.54) is 39.1 Å². The van der Waals surface area contributed by atoms with Gasteiger partial charge in [0.15, 0.2) is 17.2 Å². The molecule has 0 radical (unpaired) electrons. The van der Waals surface area contributed by atoms with Crippen molar-refractivity contribution in [2.45, 2.75) is 72.0 Å². The summed E-state index contributed by atoms with van der Waals surface area (Å²) in [5, 5.41) is 0.608. The van der Waals surface area contributed by atoms with Gasteiger partial charge in [-0.05, 0) is 50.3 Å². The van der Waals surface area contributed by atoms with Gasteiger partial charge in [-0.25, -0.2) is 4.98 Å². The molecular formula is C28H37ClN2O8. The lowest BCUT2D eigenvalue weighted by molar-refractivity contribution is -0.154. The normalized spacial score (nSPS) is 14.3. The lowest BCUT2D eigenvalue weighted by atomic mass is 9.96. The number of hydrogen-bond acceptors (Lipinski definition) is 9. The Hall–Kier alpha value is -3.53. The molecule has 0 spiro atoms. The molecule has 2 atom stereocenters. The second-order valence-electron chi connectivity index (χ2n) is 9.06. The molecule has 1 aromatic heterocycles. The largest absolute Gasteiger partial charge is 0.493 e. The molecule has 1 unspecified atom stereocenters. The number of methoxy groups -OCH3 is 1. The second-order valence-corrected chi connectivity index (χ2v) is 9.47. The Kier molecular flexibility index (Phi) is 12.8. The van der Waals surface area contributed by atoms with Crippen molar-refractivity contribution >= 4 is 29.4 Å². The van der Waals surface area contributed by atoms with Crippen LogP contribution in [0, 0.1) is 12.8 Å². The number of pyridine rings is 1. The molecule has 0 aliphatic heterocycles. The number of halogens is 1. The van der Waals surface area contributed by atoms with Gasteiger partial charge < -0.3 is 29.4 Å². The van der Waals surface area contributed by atoms with Crippen molar-refractivity contribution in [3.05, 3.63) is 46.7 Å². The number of carbonyl (C=O) groups excluding carboxylic acids is 3. The number of aryl methyl sites for hydroxylation is 1. The van der Waals surface area contributed by atoms with Crippen molar-refractivity contribution in [1.82, 2.24) is 4.98 Å². The Morgan fingerprint density at radius 2 is 1.85 bits per heavy atom. The van der Waals surface area contributed by atoms with Gasteiger partial charge in [0.2, 0.25) is 6.79 Å². The third kappa shape index (κ3) is 9.94. The van der Waals surface area contributed by atoms with E-state index < -0.39 is 11.9 Å². The van der Waals surface area contributed by atoms with Gasteiger partial charge in [0.1, 0.15) is 18.0 Å². The fraction of sp³-hybridized carbons (Fsp3) is 0.500. The third-order valence-electron chi connectivity index (χ3n) is 6.07. The summed E-state index contributed by atoms with van der Waals surface area (Å²) in [5.74, 6) is -0.0467. The van der Waals surface area contributed by atoms with Crippen LogP contribution in [0.3, 0.4) is 0 Å². The highest BCUT2D eigenvalue weighted by atomic mass is 35.5. The van der Waals surface area contributed by atoms with Gasteiger partial charge in [0.25, 0.3) is 5.91 Å². The van der Waals surface area contributed by atoms with Crippen LogP contribution in [0.5, 0.6) is 17.2 Å². The van der Waals surface area contributed by atoms with Crippen LogP contribution in [0.1, 0.15) is 68.9 Å². The summed E-state index contributed by atoms with van der Waals surface area (Å²) in [4.78, 5) is 37.0. The Balaban J connectivity index is 0.000000283. The van der Waals surface area contributed by atoms with Crippen LogP contribution in [0.15, 0.2) is 30.5 Å². The molecular weight excluding hydrogens is 528 g/mol. The first-order valence-electron chi connectivity index (χ1n) is 12.8. The molecule has 0 bridgehead atoms. The summed E-state index contributed by atoms with van der Waals surface area (Å²) >= 11 is 6.29. The predicted molar refractivity (Wildman–Crippen MR) is 145 cm³/mol. The van der Waals surface area contributed by atoms with Crippen LogP contribution in [0.2, 0.25) is 5.02 Å². The molecule has 39 heavy (non-hydrogen) atoms. The van der Waals surface area contributed by atoms with Crippen molar-refractivity contribution in [3.63, 3.8) is 0 Å². The van der Waals surface area contributed by atoms with Crippen molar-refractivity contribution in [1.29, 1.82) is 0 Å². The number of amides is 1. The van der Waals surface area contributed by atoms with Gasteiger partial charge in [0, 0.05) is 25.6 Å². The maximum atomic E-state index is 11.6. The Bertz CT molecular complexity index is 1120. The maximum absolute atomic E-state index is 11.6. The summed E-state index contributed by atoms with van der Waals surface area (Å²) in [6.45, 7) is 6.60. The number of rotatable bonds is 11. The first-order chi connectivity index (χ1) is 18.6. The molecule has 1 aliphatic carbocycles. The average Bonchev–Trinajstić information content (AvgIpc) is 3.42. The zero-order chi connectivity index (χ0) is 28.9. The third-order valence-corrected chi connectivity index (χ3v) is 6.37. The van der Waals surface area contributed by atoms with E-state index in [2.05, 4.69) is 9.72 Å². The van der Waals surface area contributed by atoms with E-state index >= 15 is 0 Å². The minimum absolute atomic E-state index is 0.0451. The van der Waals surface area contributed by atoms with Crippen LogP contribution >= 0.6 is 11.6 Å². The fourth-order valence-electron chi connectivity index (χ4n) is 4.14. The Labute approximate surface area is 234 Å². The van der Waals surface area contributed by atoms with Gasteiger partial charge in [-0.3, -0.25) is 14.4 Å². The molecule has 1 aliphatic rings. The first-order valence-corrected chi connectivity index (χ1v) is 13.2. The minimum atomic E-state index is -0.762. The van der Waals surface area contributed by atoms with E-state index in [0.717, 1.165) is 18.4 Å². The number of carbonyl (C=O) groups is 3. The van der Waals surface area contributed by atoms with Gasteiger partial charge in [-0.15, -0.1) is 0 Å². The number of nitrogens with zero attached hydrogens (tertiary/aromatic N) is 1. The second kappa shape index (κ2) is 15.8. The average molecular weight is 565 g/mol. The molecule has 2 N–H and O–H groups in total. The van der Waals surface area contributed by atoms with Crippen LogP contribution in [0.4, 0.5) is 0 Å². The molecule has 10 nitrogen and oxygen atoms in total. The Morgan fingerprint density at radius 1 is 1.15 bits per heavy atom. The molecule has 1 heterocycles. The maximum Gasteiger partial charge on any atom is 0.305 e. The van der Waals surface area contributed by atoms with Crippen LogP contribution in [-0.4, -0.2) is 48.9 Å². The highest BCUT2D eigenvalue weighted by Gasteiger charge is 2.33. The predicted octanol–water partition coefficient (Wildman–Crippen LogP) is 5.02. The monoisotopic (exact) mass is 564 g/mol. The fourth-order valence-corrected chi connectivity index (χ4v) is 4.42. The smallest absolute Gasteiger partial charge is 0.305 e. The highest BCUT2D eigenvalue weighted by Crippen LogP contribution is 2.35. The zero-order valence-corrected chi connectivity index (χ0v) is 23.8. The van der Waals surface area contributed by atoms with Gasteiger partial charge in [-0.2, -0.15) is 0 Å². The van der Waals surface area contributed by atoms with E-state index in [1.807, 2.05) is 32.0 Å². The standard InChI is InChI=1S/C18H25ClO3.C10H12N2O5/c1-4-17(20)21-13(3)18(14-7-5-6-8-14)22-16-10-9-12(2)11-15(16)19;1-6(13)16-5-17-9-7(15-2)3-4-12-8(9)10(11)14/h9-11,13-14,18H,4-8H2,1-3H3;3-4H,5H2,1-2H3,(H2,11,14)/t13?,18-;/m0./s1. The topological polar surface area (TPSA) is 136 Å². The van der Waals surface area contributed by atoms with Crippen LogP contribution in [-0.2, 0) is 19.1 Å². The molecule has 1 amide bonds. The number of aromatic nitrogens is 1. The number of benzene rings is 1. The summed E-state index contributed by atoms with van der Waals surface area (Å²) in [7, 11) is 1.40. The Morgan fingerprint density at radius 3 is 2.41 bits per heavy atom. The quantitative estimate of drug-likeness (QED) is 0.295. The number of hydrogen-bond donors (Lipinski definition) is 1. The van der Waals surface area contributed by atoms with E-state index in [-0.39, 0.29) is 42.2 Å². The molecule has 2 aromatic rings. The van der Waals surface area contributed by atoms with E-state index in [4.69, 9.17) is 36.3 Å². The van der Waals surface area contributed by atoms with E-state index in [9.17, 15) is 14.4 Å². The first kappa shape index (κ1) is 31.7. The molecule has 0 saturated heterocycles. The van der Waals surface area contributed by atoms with Crippen LogP contribution in [0.25, 0.3) is 0 Å². The molecule has 1 saturated carbocycles. The summed E-state index contributed by atoms with van der Waals surface area (Å²) < 4.78 is 26.3. The molecule has 214 valence electrons. The van der Waals surface area contributed by atoms with Gasteiger partial charge in [-0.1, -0.05) is 37.4 Å². The lowest BCUT2D eigenvalue weighted by Gasteiger charge is -2.30. The number of ether oxygens (including phenoxy) is 5. The SMILES string of the molecule is CCC(=O)OC(C)[C@H](Oc1ccc(C)cc1Cl)C1CCCC1.COc1ccnc(C(N)=O)c1OCOC(C)=O. The van der Waals surface area contributed by atoms with Gasteiger partial charge in [0.05, 0.1) is 12.1 Å². The van der Waals surface area contributed by atoms with Gasteiger partial charge >= 0.3 is 11.9 Å². The highest BCUT2D eigenvalue weighted by molar-refractivity contribution is 6.32. The van der Waals surface area contributed by atoms with Crippen molar-refractivity contribution in [2.24, 2.45) is 11.7 Å². The summed E-state index contributed by atoms with van der Waals surface area (Å²) in [5.41, 5.74) is 6.14. The van der Waals surface area contributed by atoms with Crippen molar-refractivity contribution < 1.29 is 38.1 Å². The summed E-state index contributed by atoms with van der Waals surface area (Å²) in [6, 6.07) is 7.27. The zero-order valence-electron chi connectivity index (χ0n) is 23.0. The van der Waals surface area contributed by atoms with E-state index in [1.54, 1.807) is 6.92 Å². The van der Waals surface area contributed by atoms with Crippen LogP contribution < -0.4 is 19.9 Å². The number of esters is 2. The molecule has 1 aromatic carbocycles. The van der Waals surface area contributed by atoms with Crippen molar-refractivity contribution in [3.8, 4) is 17.2 Å².